The maximum Gasteiger partial charge on any atom is 0.416 e. The highest BCUT2D eigenvalue weighted by Crippen LogP contribution is 2.43. The lowest BCUT2D eigenvalue weighted by Gasteiger charge is -2.34. The Balaban J connectivity index is 1.32. The number of carbonyl (C=O) groups excluding carboxylic acids is 2. The summed E-state index contributed by atoms with van der Waals surface area (Å²) in [7, 11) is 0. The molecule has 0 aliphatic carbocycles. The van der Waals surface area contributed by atoms with E-state index in [9.17, 15) is 22.8 Å². The number of carbonyl (C=O) groups is 2. The molecule has 0 spiro atoms. The quantitative estimate of drug-likeness (QED) is 0.504. The summed E-state index contributed by atoms with van der Waals surface area (Å²) in [6, 6.07) is 8.39. The molecule has 0 radical (unpaired) electrons. The zero-order valence-corrected chi connectivity index (χ0v) is 20.6. The zero-order chi connectivity index (χ0) is 26.4. The second kappa shape index (κ2) is 9.41. The van der Waals surface area contributed by atoms with Crippen molar-refractivity contribution in [1.82, 2.24) is 4.90 Å². The molecule has 1 unspecified atom stereocenters. The van der Waals surface area contributed by atoms with Crippen molar-refractivity contribution in [1.29, 1.82) is 0 Å². The van der Waals surface area contributed by atoms with Gasteiger partial charge < -0.3 is 25.0 Å². The Morgan fingerprint density at radius 3 is 2.78 bits per heavy atom. The van der Waals surface area contributed by atoms with Crippen molar-refractivity contribution >= 4 is 28.9 Å². The van der Waals surface area contributed by atoms with E-state index in [-0.39, 0.29) is 17.9 Å². The normalized spacial score (nSPS) is 21.6. The number of nitrogens with zero attached hydrogens (tertiary/aromatic N) is 1. The van der Waals surface area contributed by atoms with Gasteiger partial charge in [0.25, 0.3) is 0 Å². The number of ether oxygens (including phenoxy) is 2. The molecule has 3 aliphatic rings. The van der Waals surface area contributed by atoms with Crippen LogP contribution in [0.25, 0.3) is 5.57 Å². The van der Waals surface area contributed by atoms with Crippen molar-refractivity contribution in [2.24, 2.45) is 0 Å². The molecule has 1 atom stereocenters. The van der Waals surface area contributed by atoms with Crippen LogP contribution in [0.15, 0.2) is 42.5 Å². The Morgan fingerprint density at radius 2 is 2.05 bits per heavy atom. The van der Waals surface area contributed by atoms with Gasteiger partial charge in [-0.25, -0.2) is 4.79 Å². The number of alkyl halides is 3. The number of amides is 3. The minimum Gasteiger partial charge on any atom is -0.487 e. The lowest BCUT2D eigenvalue weighted by atomic mass is 9.88. The summed E-state index contributed by atoms with van der Waals surface area (Å²) in [5.41, 5.74) is 1.48. The molecule has 1 saturated heterocycles. The van der Waals surface area contributed by atoms with Gasteiger partial charge in [-0.1, -0.05) is 12.1 Å². The molecule has 2 N–H and O–H groups in total. The summed E-state index contributed by atoms with van der Waals surface area (Å²) >= 11 is 0. The number of hydrogen-bond acceptors (Lipinski definition) is 4. The highest BCUT2D eigenvalue weighted by Gasteiger charge is 2.35. The second-order valence-corrected chi connectivity index (χ2v) is 10.2. The number of urea groups is 1. The van der Waals surface area contributed by atoms with E-state index in [0.29, 0.717) is 42.0 Å². The van der Waals surface area contributed by atoms with Crippen molar-refractivity contribution in [2.75, 3.05) is 23.8 Å². The van der Waals surface area contributed by atoms with Crippen LogP contribution in [0, 0.1) is 0 Å². The first-order valence-electron chi connectivity index (χ1n) is 12.2. The molecular formula is C27H28F3N3O4. The lowest BCUT2D eigenvalue weighted by Crippen LogP contribution is -2.42. The third-order valence-electron chi connectivity index (χ3n) is 6.68. The molecule has 0 aromatic heterocycles. The fourth-order valence-corrected chi connectivity index (χ4v) is 4.96. The van der Waals surface area contributed by atoms with E-state index in [4.69, 9.17) is 9.47 Å². The molecule has 0 bridgehead atoms. The SMILES string of the molecule is CC1(C)CC(=CC(=O)Nc2ccc3c(c2)NC(=O)N(CC2CCCO2)C3)c2ccc(C(F)(F)F)cc2O1. The summed E-state index contributed by atoms with van der Waals surface area (Å²) < 4.78 is 51.0. The molecule has 2 aromatic rings. The first-order chi connectivity index (χ1) is 17.5. The maximum absolute atomic E-state index is 13.2. The Bertz CT molecular complexity index is 1270. The minimum absolute atomic E-state index is 0.0549. The van der Waals surface area contributed by atoms with Gasteiger partial charge in [-0.05, 0) is 62.1 Å². The number of halogens is 3. The number of rotatable bonds is 4. The first kappa shape index (κ1) is 25.1. The van der Waals surface area contributed by atoms with Crippen LogP contribution in [0.4, 0.5) is 29.3 Å². The number of benzene rings is 2. The van der Waals surface area contributed by atoms with Crippen LogP contribution in [0.3, 0.4) is 0 Å². The Morgan fingerprint density at radius 1 is 1.24 bits per heavy atom. The molecule has 3 aliphatic heterocycles. The van der Waals surface area contributed by atoms with Gasteiger partial charge in [0.2, 0.25) is 5.91 Å². The highest BCUT2D eigenvalue weighted by atomic mass is 19.4. The van der Waals surface area contributed by atoms with Crippen LogP contribution >= 0.6 is 0 Å². The second-order valence-electron chi connectivity index (χ2n) is 10.2. The van der Waals surface area contributed by atoms with E-state index < -0.39 is 23.2 Å². The third kappa shape index (κ3) is 5.58. The lowest BCUT2D eigenvalue weighted by molar-refractivity contribution is -0.137. The maximum atomic E-state index is 13.2. The Kier molecular flexibility index (Phi) is 6.39. The molecule has 1 fully saturated rings. The van der Waals surface area contributed by atoms with Crippen molar-refractivity contribution in [3.63, 3.8) is 0 Å². The largest absolute Gasteiger partial charge is 0.487 e. The fraction of sp³-hybridized carbons (Fsp3) is 0.407. The number of nitrogens with one attached hydrogen (secondary N) is 2. The summed E-state index contributed by atoms with van der Waals surface area (Å²) in [5, 5.41) is 5.67. The zero-order valence-electron chi connectivity index (χ0n) is 20.6. The van der Waals surface area contributed by atoms with Crippen LogP contribution in [-0.4, -0.2) is 41.7 Å². The summed E-state index contributed by atoms with van der Waals surface area (Å²) in [6.07, 6.45) is -0.768. The van der Waals surface area contributed by atoms with E-state index >= 15 is 0 Å². The molecule has 3 amide bonds. The molecule has 37 heavy (non-hydrogen) atoms. The number of hydrogen-bond donors (Lipinski definition) is 2. The van der Waals surface area contributed by atoms with E-state index in [1.54, 1.807) is 30.9 Å². The average molecular weight is 516 g/mol. The van der Waals surface area contributed by atoms with Crippen LogP contribution in [0.5, 0.6) is 5.75 Å². The molecule has 3 heterocycles. The predicted octanol–water partition coefficient (Wildman–Crippen LogP) is 5.82. The Hall–Kier alpha value is -3.53. The summed E-state index contributed by atoms with van der Waals surface area (Å²) in [6.45, 7) is 5.22. The van der Waals surface area contributed by atoms with Gasteiger partial charge in [0.15, 0.2) is 0 Å². The monoisotopic (exact) mass is 515 g/mol. The molecule has 5 rings (SSSR count). The molecule has 196 valence electrons. The van der Waals surface area contributed by atoms with Gasteiger partial charge in [0.05, 0.1) is 11.7 Å². The van der Waals surface area contributed by atoms with Crippen LogP contribution in [0.1, 0.15) is 49.8 Å². The van der Waals surface area contributed by atoms with Crippen LogP contribution in [-0.2, 0) is 22.3 Å². The van der Waals surface area contributed by atoms with Crippen molar-refractivity contribution in [2.45, 2.75) is 57.5 Å². The van der Waals surface area contributed by atoms with E-state index in [1.165, 1.54) is 12.1 Å². The number of fused-ring (bicyclic) bond motifs is 2. The van der Waals surface area contributed by atoms with Gasteiger partial charge in [-0.15, -0.1) is 0 Å². The summed E-state index contributed by atoms with van der Waals surface area (Å²) in [4.78, 5) is 27.2. The van der Waals surface area contributed by atoms with Crippen molar-refractivity contribution < 1.29 is 32.2 Å². The third-order valence-corrected chi connectivity index (χ3v) is 6.68. The smallest absolute Gasteiger partial charge is 0.416 e. The highest BCUT2D eigenvalue weighted by molar-refractivity contribution is 6.05. The standard InChI is InChI=1S/C27H28F3N3O4/c1-26(2)13-17(21-8-6-18(27(28,29)30)11-23(21)37-26)10-24(34)31-19-7-5-16-14-33(15-20-4-3-9-36-20)25(35)32-22(16)12-19/h5-8,10-12,20H,3-4,9,13-15H2,1-2H3,(H,31,34)(H,32,35). The molecule has 10 heteroatoms. The van der Waals surface area contributed by atoms with Gasteiger partial charge >= 0.3 is 12.2 Å². The molecular weight excluding hydrogens is 487 g/mol. The van der Waals surface area contributed by atoms with Gasteiger partial charge in [0, 0.05) is 49.1 Å². The fourth-order valence-electron chi connectivity index (χ4n) is 4.96. The molecule has 0 saturated carbocycles. The van der Waals surface area contributed by atoms with Crippen LogP contribution in [0.2, 0.25) is 0 Å². The van der Waals surface area contributed by atoms with Gasteiger partial charge in [-0.3, -0.25) is 4.79 Å². The van der Waals surface area contributed by atoms with Gasteiger partial charge in [0.1, 0.15) is 11.4 Å². The van der Waals surface area contributed by atoms with E-state index in [2.05, 4.69) is 10.6 Å². The minimum atomic E-state index is -4.50. The summed E-state index contributed by atoms with van der Waals surface area (Å²) in [5.74, 6) is -0.338. The van der Waals surface area contributed by atoms with E-state index in [0.717, 1.165) is 37.1 Å². The Labute approximate surface area is 212 Å². The topological polar surface area (TPSA) is 79.9 Å². The van der Waals surface area contributed by atoms with Gasteiger partial charge in [-0.2, -0.15) is 13.2 Å². The number of anilines is 2. The molecule has 7 nitrogen and oxygen atoms in total. The van der Waals surface area contributed by atoms with Crippen molar-refractivity contribution in [3.05, 3.63) is 59.2 Å². The average Bonchev–Trinajstić information content (AvgIpc) is 3.31. The first-order valence-corrected chi connectivity index (χ1v) is 12.2. The van der Waals surface area contributed by atoms with E-state index in [1.807, 2.05) is 6.07 Å². The van der Waals surface area contributed by atoms with Crippen LogP contribution < -0.4 is 15.4 Å². The van der Waals surface area contributed by atoms with Crippen molar-refractivity contribution in [3.8, 4) is 5.75 Å². The molecule has 2 aromatic carbocycles. The predicted molar refractivity (Wildman–Crippen MR) is 132 cm³/mol.